The van der Waals surface area contributed by atoms with Crippen molar-refractivity contribution < 1.29 is 9.53 Å². The first-order valence-electron chi connectivity index (χ1n) is 6.90. The fraction of sp³-hybridized carbons (Fsp3) is 0.923. The quantitative estimate of drug-likeness (QED) is 0.809. The third kappa shape index (κ3) is 2.99. The van der Waals surface area contributed by atoms with E-state index in [1.807, 2.05) is 4.90 Å². The lowest BCUT2D eigenvalue weighted by Gasteiger charge is -2.29. The molecule has 0 radical (unpaired) electrons. The molecule has 1 N–H and O–H groups in total. The summed E-state index contributed by atoms with van der Waals surface area (Å²) >= 11 is 0. The molecule has 0 bridgehead atoms. The Bertz CT molecular complexity index is 264. The second kappa shape index (κ2) is 5.83. The molecule has 3 atom stereocenters. The van der Waals surface area contributed by atoms with Crippen LogP contribution in [0.3, 0.4) is 0 Å². The zero-order chi connectivity index (χ0) is 12.3. The minimum atomic E-state index is 0.0265. The summed E-state index contributed by atoms with van der Waals surface area (Å²) in [6.07, 6.45) is 5.87. The molecule has 0 spiro atoms. The molecule has 2 saturated heterocycles. The van der Waals surface area contributed by atoms with Gasteiger partial charge in [-0.3, -0.25) is 10.1 Å². The maximum absolute atomic E-state index is 12.2. The van der Waals surface area contributed by atoms with Crippen LogP contribution in [0.4, 0.5) is 0 Å². The molecule has 0 aliphatic carbocycles. The van der Waals surface area contributed by atoms with Gasteiger partial charge in [0.15, 0.2) is 0 Å². The van der Waals surface area contributed by atoms with Crippen molar-refractivity contribution in [3.8, 4) is 0 Å². The Balaban J connectivity index is 1.88. The molecule has 3 unspecified atom stereocenters. The Morgan fingerprint density at radius 3 is 2.94 bits per heavy atom. The maximum Gasteiger partial charge on any atom is 0.241 e. The van der Waals surface area contributed by atoms with E-state index in [2.05, 4.69) is 19.2 Å². The van der Waals surface area contributed by atoms with Gasteiger partial charge >= 0.3 is 0 Å². The van der Waals surface area contributed by atoms with Gasteiger partial charge in [0, 0.05) is 13.2 Å². The normalized spacial score (nSPS) is 34.4. The first kappa shape index (κ1) is 12.8. The third-order valence-electron chi connectivity index (χ3n) is 3.74. The van der Waals surface area contributed by atoms with Crippen molar-refractivity contribution >= 4 is 5.91 Å². The largest absolute Gasteiger partial charge is 0.376 e. The number of ether oxygens (including phenoxy) is 1. The van der Waals surface area contributed by atoms with E-state index in [4.69, 9.17) is 4.74 Å². The van der Waals surface area contributed by atoms with E-state index in [-0.39, 0.29) is 24.2 Å². The third-order valence-corrected chi connectivity index (χ3v) is 3.74. The van der Waals surface area contributed by atoms with Gasteiger partial charge in [-0.05, 0) is 32.6 Å². The molecule has 1 amide bonds. The van der Waals surface area contributed by atoms with Gasteiger partial charge < -0.3 is 9.64 Å². The number of nitrogens with one attached hydrogen (secondary N) is 1. The van der Waals surface area contributed by atoms with Crippen molar-refractivity contribution in [1.29, 1.82) is 0 Å². The molecule has 0 aromatic carbocycles. The van der Waals surface area contributed by atoms with Crippen LogP contribution in [0, 0.1) is 0 Å². The van der Waals surface area contributed by atoms with Gasteiger partial charge in [-0.1, -0.05) is 13.3 Å². The highest BCUT2D eigenvalue weighted by Crippen LogP contribution is 2.19. The monoisotopic (exact) mass is 240 g/mol. The van der Waals surface area contributed by atoms with Crippen molar-refractivity contribution in [3.63, 3.8) is 0 Å². The number of nitrogens with zero attached hydrogens (tertiary/aromatic N) is 1. The Kier molecular flexibility index (Phi) is 4.40. The van der Waals surface area contributed by atoms with Gasteiger partial charge in [-0.15, -0.1) is 0 Å². The average Bonchev–Trinajstić information content (AvgIpc) is 2.59. The zero-order valence-corrected chi connectivity index (χ0v) is 10.9. The number of hydrogen-bond acceptors (Lipinski definition) is 3. The number of carbonyl (C=O) groups is 1. The lowest BCUT2D eigenvalue weighted by Crippen LogP contribution is -2.42. The average molecular weight is 240 g/mol. The number of hydrogen-bond donors (Lipinski definition) is 1. The van der Waals surface area contributed by atoms with Crippen LogP contribution >= 0.6 is 0 Å². The zero-order valence-electron chi connectivity index (χ0n) is 10.9. The highest BCUT2D eigenvalue weighted by molar-refractivity contribution is 5.84. The smallest absolute Gasteiger partial charge is 0.241 e. The van der Waals surface area contributed by atoms with Crippen molar-refractivity contribution in [1.82, 2.24) is 10.2 Å². The van der Waals surface area contributed by atoms with Crippen LogP contribution in [0.2, 0.25) is 0 Å². The molecule has 4 heteroatoms. The van der Waals surface area contributed by atoms with Crippen LogP contribution in [0.15, 0.2) is 0 Å². The van der Waals surface area contributed by atoms with Gasteiger partial charge in [-0.25, -0.2) is 0 Å². The lowest BCUT2D eigenvalue weighted by atomic mass is 10.1. The van der Waals surface area contributed by atoms with Gasteiger partial charge in [0.2, 0.25) is 5.91 Å². The topological polar surface area (TPSA) is 41.6 Å². The number of carbonyl (C=O) groups excluding carboxylic acids is 1. The molecule has 2 fully saturated rings. The second-order valence-electron chi connectivity index (χ2n) is 5.16. The minimum absolute atomic E-state index is 0.0265. The molecular formula is C13H24N2O2. The van der Waals surface area contributed by atoms with Crippen LogP contribution < -0.4 is 5.32 Å². The summed E-state index contributed by atoms with van der Waals surface area (Å²) in [7, 11) is 0. The SMILES string of the molecule is CCCC1NC(C)N(CC2CCCCO2)C1=O. The number of rotatable bonds is 4. The standard InChI is InChI=1S/C13H24N2O2/c1-3-6-12-13(16)15(10(2)14-12)9-11-7-4-5-8-17-11/h10-12,14H,3-9H2,1-2H3. The highest BCUT2D eigenvalue weighted by atomic mass is 16.5. The predicted molar refractivity (Wildman–Crippen MR) is 66.6 cm³/mol. The van der Waals surface area contributed by atoms with Crippen LogP contribution in [0.5, 0.6) is 0 Å². The molecule has 0 aromatic rings. The van der Waals surface area contributed by atoms with E-state index < -0.39 is 0 Å². The molecule has 0 saturated carbocycles. The first-order valence-corrected chi connectivity index (χ1v) is 6.90. The summed E-state index contributed by atoms with van der Waals surface area (Å²) in [5.74, 6) is 0.258. The van der Waals surface area contributed by atoms with Gasteiger partial charge in [0.25, 0.3) is 0 Å². The Labute approximate surface area is 104 Å². The molecule has 2 heterocycles. The molecule has 2 aliphatic heterocycles. The lowest BCUT2D eigenvalue weighted by molar-refractivity contribution is -0.132. The predicted octanol–water partition coefficient (Wildman–Crippen LogP) is 1.50. The van der Waals surface area contributed by atoms with Gasteiger partial charge in [-0.2, -0.15) is 0 Å². The van der Waals surface area contributed by atoms with E-state index in [1.165, 1.54) is 6.42 Å². The Morgan fingerprint density at radius 2 is 2.29 bits per heavy atom. The molecule has 4 nitrogen and oxygen atoms in total. The molecule has 2 aliphatic rings. The molecular weight excluding hydrogens is 216 g/mol. The van der Waals surface area contributed by atoms with Crippen LogP contribution in [-0.4, -0.2) is 42.3 Å². The van der Waals surface area contributed by atoms with Gasteiger partial charge in [0.1, 0.15) is 0 Å². The van der Waals surface area contributed by atoms with Crippen LogP contribution in [0.25, 0.3) is 0 Å². The van der Waals surface area contributed by atoms with Crippen molar-refractivity contribution in [2.75, 3.05) is 13.2 Å². The fourth-order valence-electron chi connectivity index (χ4n) is 2.76. The van der Waals surface area contributed by atoms with Crippen LogP contribution in [0.1, 0.15) is 46.0 Å². The minimum Gasteiger partial charge on any atom is -0.376 e. The molecule has 17 heavy (non-hydrogen) atoms. The van der Waals surface area contributed by atoms with E-state index in [9.17, 15) is 4.79 Å². The number of amides is 1. The second-order valence-corrected chi connectivity index (χ2v) is 5.16. The molecule has 2 rings (SSSR count). The van der Waals surface area contributed by atoms with E-state index >= 15 is 0 Å². The molecule has 98 valence electrons. The van der Waals surface area contributed by atoms with Crippen molar-refractivity contribution in [3.05, 3.63) is 0 Å². The van der Waals surface area contributed by atoms with Crippen LogP contribution in [-0.2, 0) is 9.53 Å². The van der Waals surface area contributed by atoms with Crippen molar-refractivity contribution in [2.24, 2.45) is 0 Å². The Hall–Kier alpha value is -0.610. The van der Waals surface area contributed by atoms with E-state index in [1.54, 1.807) is 0 Å². The first-order chi connectivity index (χ1) is 8.22. The summed E-state index contributed by atoms with van der Waals surface area (Å²) in [6, 6.07) is 0.0265. The van der Waals surface area contributed by atoms with E-state index in [0.717, 1.165) is 38.8 Å². The Morgan fingerprint density at radius 1 is 1.47 bits per heavy atom. The van der Waals surface area contributed by atoms with E-state index in [0.29, 0.717) is 0 Å². The summed E-state index contributed by atoms with van der Waals surface area (Å²) in [6.45, 7) is 5.79. The van der Waals surface area contributed by atoms with Gasteiger partial charge in [0.05, 0.1) is 18.3 Å². The highest BCUT2D eigenvalue weighted by Gasteiger charge is 2.36. The molecule has 0 aromatic heterocycles. The summed E-state index contributed by atoms with van der Waals surface area (Å²) in [5, 5.41) is 3.37. The maximum atomic E-state index is 12.2. The fourth-order valence-corrected chi connectivity index (χ4v) is 2.76. The summed E-state index contributed by atoms with van der Waals surface area (Å²) in [4.78, 5) is 14.1. The summed E-state index contributed by atoms with van der Waals surface area (Å²) in [5.41, 5.74) is 0. The van der Waals surface area contributed by atoms with Crippen molar-refractivity contribution in [2.45, 2.75) is 64.3 Å². The summed E-state index contributed by atoms with van der Waals surface area (Å²) < 4.78 is 5.71.